The number of hydrogen-bond acceptors (Lipinski definition) is 18. The molecule has 4 unspecified atom stereocenters. The van der Waals surface area contributed by atoms with Crippen molar-refractivity contribution in [3.63, 3.8) is 0 Å². The second-order valence-electron chi connectivity index (χ2n) is 28.7. The normalized spacial score (nSPS) is 14.5. The van der Waals surface area contributed by atoms with E-state index in [0.717, 1.165) is 167 Å². The highest BCUT2D eigenvalue weighted by molar-refractivity contribution is 7.47. The lowest BCUT2D eigenvalue weighted by atomic mass is 10.1. The Hall–Kier alpha value is -4.42. The van der Waals surface area contributed by atoms with Gasteiger partial charge in [-0.1, -0.05) is 226 Å². The van der Waals surface area contributed by atoms with Gasteiger partial charge in [0.05, 0.1) is 76.8 Å². The van der Waals surface area contributed by atoms with Crippen LogP contribution in [0.15, 0.2) is 48.6 Å². The van der Waals surface area contributed by atoms with Crippen molar-refractivity contribution in [3.8, 4) is 0 Å². The monoisotopic (exact) mass is 1570 g/mol. The van der Waals surface area contributed by atoms with E-state index in [1.54, 1.807) is 0 Å². The Balaban J connectivity index is 2.99. The van der Waals surface area contributed by atoms with Crippen LogP contribution in [0.2, 0.25) is 0 Å². The number of unbranched alkanes of at least 4 members (excludes halogenated alkanes) is 26. The SMILES string of the molecule is CCCCCC/C=C/CCCC(=O)O[C@H](CCCCCCC)CC(=O)NC(COCC[C@H](O)CCCCCCC)COP(=O)(O)OCCNC(=O)c1cccc(C(=O)NCCOP(=O)(O)OCC(COCC[C@H](O)CCCCCCC)NC(=O)C[C@@H](CCCCCCC)OC(=O)CCC/C=C/CCCCCC)c1. The van der Waals surface area contributed by atoms with Gasteiger partial charge in [-0.2, -0.15) is 0 Å². The minimum Gasteiger partial charge on any atom is -0.462 e. The van der Waals surface area contributed by atoms with Gasteiger partial charge in [0.15, 0.2) is 0 Å². The predicted octanol–water partition coefficient (Wildman–Crippen LogP) is 17.4. The molecule has 0 saturated heterocycles. The number of phosphoric acid groups is 2. The second kappa shape index (κ2) is 69.3. The van der Waals surface area contributed by atoms with Crippen molar-refractivity contribution in [2.75, 3.05) is 65.9 Å². The second-order valence-corrected chi connectivity index (χ2v) is 31.6. The Kier molecular flexibility index (Phi) is 65.2. The summed E-state index contributed by atoms with van der Waals surface area (Å²) in [5.74, 6) is -3.03. The number of allylic oxidation sites excluding steroid dienone is 4. The molecule has 626 valence electrons. The van der Waals surface area contributed by atoms with E-state index in [1.807, 2.05) is 0 Å². The van der Waals surface area contributed by atoms with E-state index in [2.05, 4.69) is 87.1 Å². The van der Waals surface area contributed by atoms with E-state index in [0.29, 0.717) is 51.4 Å². The number of carbonyl (C=O) groups excluding carboxylic acids is 6. The summed E-state index contributed by atoms with van der Waals surface area (Å²) < 4.78 is 71.1. The molecule has 8 atom stereocenters. The molecular weight excluding hydrogens is 1420 g/mol. The highest BCUT2D eigenvalue weighted by atomic mass is 31.2. The van der Waals surface area contributed by atoms with Crippen LogP contribution in [0.4, 0.5) is 0 Å². The molecule has 0 bridgehead atoms. The molecule has 0 aliphatic heterocycles. The largest absolute Gasteiger partial charge is 0.472 e. The smallest absolute Gasteiger partial charge is 0.462 e. The minimum atomic E-state index is -4.80. The first-order valence-corrected chi connectivity index (χ1v) is 44.9. The van der Waals surface area contributed by atoms with Crippen molar-refractivity contribution >= 4 is 51.2 Å². The summed E-state index contributed by atoms with van der Waals surface area (Å²) in [7, 11) is -9.61. The number of hydrogen-bond donors (Lipinski definition) is 8. The Labute approximate surface area is 650 Å². The fourth-order valence-corrected chi connectivity index (χ4v) is 13.4. The predicted molar refractivity (Wildman–Crippen MR) is 427 cm³/mol. The van der Waals surface area contributed by atoms with Gasteiger partial charge in [-0.3, -0.25) is 46.9 Å². The molecule has 0 spiro atoms. The molecule has 0 aliphatic carbocycles. The molecule has 0 fully saturated rings. The molecule has 1 aromatic rings. The van der Waals surface area contributed by atoms with Gasteiger partial charge in [0.25, 0.3) is 11.8 Å². The molecule has 108 heavy (non-hydrogen) atoms. The third kappa shape index (κ3) is 61.2. The van der Waals surface area contributed by atoms with Crippen LogP contribution in [0.25, 0.3) is 0 Å². The van der Waals surface area contributed by atoms with Crippen molar-refractivity contribution in [3.05, 3.63) is 59.7 Å². The van der Waals surface area contributed by atoms with Gasteiger partial charge < -0.3 is 60.2 Å². The van der Waals surface area contributed by atoms with Gasteiger partial charge >= 0.3 is 27.6 Å². The van der Waals surface area contributed by atoms with Crippen molar-refractivity contribution in [1.29, 1.82) is 0 Å². The van der Waals surface area contributed by atoms with E-state index in [9.17, 15) is 57.9 Å². The highest BCUT2D eigenvalue weighted by Gasteiger charge is 2.29. The summed E-state index contributed by atoms with van der Waals surface area (Å²) in [4.78, 5) is 102. The minimum absolute atomic E-state index is 0.0548. The maximum atomic E-state index is 13.7. The number of ether oxygens (including phenoxy) is 4. The van der Waals surface area contributed by atoms with Crippen LogP contribution in [0.5, 0.6) is 0 Å². The number of rotatable bonds is 76. The third-order valence-corrected chi connectivity index (χ3v) is 20.3. The maximum Gasteiger partial charge on any atom is 0.472 e. The van der Waals surface area contributed by atoms with E-state index >= 15 is 0 Å². The summed E-state index contributed by atoms with van der Waals surface area (Å²) in [5, 5.41) is 32.0. The van der Waals surface area contributed by atoms with E-state index in [4.69, 9.17) is 37.0 Å². The maximum absolute atomic E-state index is 13.7. The van der Waals surface area contributed by atoms with Crippen molar-refractivity contribution < 1.29 is 94.9 Å². The summed E-state index contributed by atoms with van der Waals surface area (Å²) in [5.41, 5.74) is 0.110. The number of benzene rings is 1. The Bertz CT molecular complexity index is 2430. The molecule has 0 aliphatic rings. The standard InChI is InChI=1S/C82H148N4O20P2/c1-7-13-19-25-27-29-31-37-43-52-79(91)105-75(50-41-35-23-17-11-5)63-77(89)85-71(65-99-58-54-73(87)48-39-33-21-15-9-3)67-103-107(95,96)101-60-56-83-81(93)69-46-45-47-70(62-69)82(94)84-57-61-102-108(97,98)104-68-72(66-100-59-55-74(88)49-40-34-22-16-10-4)86-78(90)64-76(51-42-36-24-18-12-6)106-80(92)53-44-38-32-30-28-26-20-14-8-2/h29-32,45-47,62,71-76,87-88H,7-28,33-44,48-61,63-68H2,1-6H3,(H,83,93)(H,84,94)(H,85,89)(H,86,90)(H,95,96)(H,97,98)/b31-29+,32-30+/t71?,72?,73-,74-,75-,76-/m1/s1. The summed E-state index contributed by atoms with van der Waals surface area (Å²) in [6.45, 7) is 10.4. The quantitative estimate of drug-likeness (QED) is 0.0130. The van der Waals surface area contributed by atoms with Crippen LogP contribution in [0, 0.1) is 0 Å². The summed E-state index contributed by atoms with van der Waals surface area (Å²) in [6.07, 6.45) is 43.5. The summed E-state index contributed by atoms with van der Waals surface area (Å²) in [6, 6.07) is 3.75. The number of amides is 4. The van der Waals surface area contributed by atoms with Crippen LogP contribution in [-0.2, 0) is 65.4 Å². The molecule has 0 saturated carbocycles. The van der Waals surface area contributed by atoms with Crippen LogP contribution < -0.4 is 21.3 Å². The van der Waals surface area contributed by atoms with E-state index in [-0.39, 0.29) is 88.3 Å². The molecule has 1 rings (SSSR count). The van der Waals surface area contributed by atoms with Crippen LogP contribution in [0.1, 0.15) is 345 Å². The first kappa shape index (κ1) is 102. The Morgan fingerprint density at radius 1 is 0.398 bits per heavy atom. The average molecular weight is 1570 g/mol. The number of nitrogens with one attached hydrogen (secondary N) is 4. The fourth-order valence-electron chi connectivity index (χ4n) is 11.9. The lowest BCUT2D eigenvalue weighted by Crippen LogP contribution is -2.43. The van der Waals surface area contributed by atoms with Crippen LogP contribution >= 0.6 is 15.6 Å². The van der Waals surface area contributed by atoms with Gasteiger partial charge in [0, 0.05) is 50.3 Å². The lowest BCUT2D eigenvalue weighted by Gasteiger charge is -2.23. The van der Waals surface area contributed by atoms with Crippen molar-refractivity contribution in [2.24, 2.45) is 0 Å². The van der Waals surface area contributed by atoms with E-state index < -0.39 is 102 Å². The number of esters is 2. The molecule has 0 aromatic heterocycles. The van der Waals surface area contributed by atoms with Crippen molar-refractivity contribution in [2.45, 2.75) is 361 Å². The zero-order chi connectivity index (χ0) is 79.4. The molecule has 4 amide bonds. The first-order chi connectivity index (χ1) is 52.2. The topological polar surface area (TPSA) is 339 Å². The number of phosphoric ester groups is 2. The molecule has 8 N–H and O–H groups in total. The number of aliphatic hydroxyl groups is 2. The van der Waals surface area contributed by atoms with Gasteiger partial charge in [0.2, 0.25) is 11.8 Å². The zero-order valence-corrected chi connectivity index (χ0v) is 69.3. The molecule has 26 heteroatoms. The average Bonchev–Trinajstić information content (AvgIpc) is 0.867. The van der Waals surface area contributed by atoms with Crippen LogP contribution in [0.3, 0.4) is 0 Å². The molecule has 0 radical (unpaired) electrons. The van der Waals surface area contributed by atoms with Gasteiger partial charge in [-0.05, 0) is 121 Å². The lowest BCUT2D eigenvalue weighted by molar-refractivity contribution is -0.152. The highest BCUT2D eigenvalue weighted by Crippen LogP contribution is 2.44. The van der Waals surface area contributed by atoms with Gasteiger partial charge in [-0.25, -0.2) is 9.13 Å². The first-order valence-electron chi connectivity index (χ1n) is 41.9. The number of aliphatic hydroxyl groups excluding tert-OH is 2. The zero-order valence-electron chi connectivity index (χ0n) is 67.5. The van der Waals surface area contributed by atoms with Crippen LogP contribution in [-0.4, -0.2) is 158 Å². The van der Waals surface area contributed by atoms with E-state index in [1.165, 1.54) is 62.8 Å². The van der Waals surface area contributed by atoms with Gasteiger partial charge in [0.1, 0.15) is 12.2 Å². The van der Waals surface area contributed by atoms with Crippen molar-refractivity contribution in [1.82, 2.24) is 21.3 Å². The number of carbonyl (C=O) groups is 6. The molecular formula is C82H148N4O20P2. The van der Waals surface area contributed by atoms with Gasteiger partial charge in [-0.15, -0.1) is 0 Å². The molecule has 0 heterocycles. The Morgan fingerprint density at radius 2 is 0.722 bits per heavy atom. The molecule has 24 nitrogen and oxygen atoms in total. The fraction of sp³-hybridized carbons (Fsp3) is 0.805. The molecule has 1 aromatic carbocycles. The third-order valence-electron chi connectivity index (χ3n) is 18.4. The summed E-state index contributed by atoms with van der Waals surface area (Å²) >= 11 is 0. The Morgan fingerprint density at radius 3 is 1.07 bits per heavy atom.